The highest BCUT2D eigenvalue weighted by molar-refractivity contribution is 6.64. The van der Waals surface area contributed by atoms with Crippen molar-refractivity contribution in [2.24, 2.45) is 0 Å². The second kappa shape index (κ2) is 18.1. The molecule has 1 fully saturated rings. The number of carbonyl (C=O) groups is 5. The fraction of sp³-hybridized carbons (Fsp3) is 0.324. The van der Waals surface area contributed by atoms with Crippen molar-refractivity contribution in [3.63, 3.8) is 0 Å². The first kappa shape index (κ1) is 37.7. The monoisotopic (exact) mass is 710 g/mol. The molecule has 0 aliphatic carbocycles. The van der Waals surface area contributed by atoms with Crippen LogP contribution in [0.5, 0.6) is 0 Å². The first-order valence-corrected chi connectivity index (χ1v) is 17.2. The third kappa shape index (κ3) is 9.63. The molecular weight excluding hydrogens is 667 g/mol. The van der Waals surface area contributed by atoms with Crippen LogP contribution in [0.4, 0.5) is 10.5 Å². The van der Waals surface area contributed by atoms with Gasteiger partial charge in [0.2, 0.25) is 0 Å². The molecule has 15 heteroatoms. The predicted molar refractivity (Wildman–Crippen MR) is 197 cm³/mol. The Bertz CT molecular complexity index is 1870. The molecule has 0 spiro atoms. The van der Waals surface area contributed by atoms with Crippen molar-refractivity contribution >= 4 is 58.5 Å². The van der Waals surface area contributed by atoms with Crippen LogP contribution in [0.25, 0.3) is 10.9 Å². The van der Waals surface area contributed by atoms with Crippen molar-refractivity contribution in [1.82, 2.24) is 25.4 Å². The van der Waals surface area contributed by atoms with Crippen LogP contribution in [0.1, 0.15) is 38.0 Å². The van der Waals surface area contributed by atoms with Gasteiger partial charge >= 0.3 is 12.9 Å². The minimum absolute atomic E-state index is 0.112. The van der Waals surface area contributed by atoms with Gasteiger partial charge in [-0.15, -0.1) is 0 Å². The van der Waals surface area contributed by atoms with E-state index >= 15 is 0 Å². The van der Waals surface area contributed by atoms with Gasteiger partial charge < -0.3 is 45.2 Å². The maximum Gasteiger partial charge on any atom is 0.320 e. The number of benzene rings is 3. The minimum atomic E-state index is -0.673. The number of Topliss-reactive ketones (excluding diaryl/α,β-unsaturated/α-hetero) is 1. The zero-order valence-electron chi connectivity index (χ0n) is 29.2. The highest BCUT2D eigenvalue weighted by Crippen LogP contribution is 2.27. The number of H-pyrrole nitrogens is 1. The number of amides is 5. The van der Waals surface area contributed by atoms with E-state index in [0.717, 1.165) is 5.46 Å². The van der Waals surface area contributed by atoms with Gasteiger partial charge in [-0.2, -0.15) is 0 Å². The summed E-state index contributed by atoms with van der Waals surface area (Å²) >= 11 is 0. The third-order valence-electron chi connectivity index (χ3n) is 8.69. The van der Waals surface area contributed by atoms with Gasteiger partial charge in [-0.1, -0.05) is 49.3 Å². The first-order valence-electron chi connectivity index (χ1n) is 17.2. The number of anilines is 1. The summed E-state index contributed by atoms with van der Waals surface area (Å²) in [6.45, 7) is 5.48. The van der Waals surface area contributed by atoms with Gasteiger partial charge in [-0.25, -0.2) is 4.79 Å². The van der Waals surface area contributed by atoms with Crippen molar-refractivity contribution < 1.29 is 38.5 Å². The molecule has 272 valence electrons. The van der Waals surface area contributed by atoms with Gasteiger partial charge in [0.05, 0.1) is 43.2 Å². The van der Waals surface area contributed by atoms with Crippen LogP contribution in [0.15, 0.2) is 79.0 Å². The molecular formula is C37H43BN6O8. The lowest BCUT2D eigenvalue weighted by molar-refractivity contribution is -0.130. The Morgan fingerprint density at radius 3 is 2.21 bits per heavy atom. The molecule has 5 rings (SSSR count). The SMILES string of the molecule is CB(O)c1ccc(C(=O)NCCOCCOCCNC(=O)Nc2cccc3c(C(=O)C(=O)N4CCN(C(=O)c5ccccc5)C[C@H]4C)c[nH]c23)cc1. The van der Waals surface area contributed by atoms with Crippen LogP contribution in [0.3, 0.4) is 0 Å². The Hall–Kier alpha value is -5.51. The molecule has 3 aromatic carbocycles. The van der Waals surface area contributed by atoms with Crippen LogP contribution in [-0.2, 0) is 14.3 Å². The molecule has 5 N–H and O–H groups in total. The highest BCUT2D eigenvalue weighted by Gasteiger charge is 2.34. The van der Waals surface area contributed by atoms with E-state index in [1.807, 2.05) is 13.0 Å². The van der Waals surface area contributed by atoms with Crippen LogP contribution in [-0.4, -0.2) is 121 Å². The third-order valence-corrected chi connectivity index (χ3v) is 8.69. The van der Waals surface area contributed by atoms with E-state index in [9.17, 15) is 29.0 Å². The highest BCUT2D eigenvalue weighted by atomic mass is 16.5. The average Bonchev–Trinajstić information content (AvgIpc) is 3.60. The molecule has 52 heavy (non-hydrogen) atoms. The fourth-order valence-electron chi connectivity index (χ4n) is 5.88. The Balaban J connectivity index is 0.996. The molecule has 4 aromatic rings. The lowest BCUT2D eigenvalue weighted by Gasteiger charge is -2.39. The zero-order valence-corrected chi connectivity index (χ0v) is 29.2. The van der Waals surface area contributed by atoms with Crippen LogP contribution < -0.4 is 21.4 Å². The predicted octanol–water partition coefficient (Wildman–Crippen LogP) is 2.13. The summed E-state index contributed by atoms with van der Waals surface area (Å²) in [7, 11) is 0. The molecule has 2 heterocycles. The van der Waals surface area contributed by atoms with Gasteiger partial charge in [-0.05, 0) is 42.7 Å². The summed E-state index contributed by atoms with van der Waals surface area (Å²) in [5.41, 5.74) is 2.94. The number of para-hydroxylation sites is 1. The van der Waals surface area contributed by atoms with Crippen molar-refractivity contribution in [3.05, 3.63) is 95.7 Å². The number of hydrogen-bond acceptors (Lipinski definition) is 8. The van der Waals surface area contributed by atoms with Crippen LogP contribution >= 0.6 is 0 Å². The molecule has 14 nitrogen and oxygen atoms in total. The maximum atomic E-state index is 13.4. The summed E-state index contributed by atoms with van der Waals surface area (Å²) in [6, 6.07) is 19.9. The number of aromatic nitrogens is 1. The molecule has 0 saturated carbocycles. The van der Waals surface area contributed by atoms with Crippen molar-refractivity contribution in [2.75, 3.05) is 64.5 Å². The number of nitrogens with one attached hydrogen (secondary N) is 4. The van der Waals surface area contributed by atoms with Crippen LogP contribution in [0, 0.1) is 0 Å². The molecule has 0 bridgehead atoms. The van der Waals surface area contributed by atoms with Crippen molar-refractivity contribution in [2.45, 2.75) is 19.8 Å². The quantitative estimate of drug-likeness (QED) is 0.0538. The molecule has 1 aliphatic heterocycles. The topological polar surface area (TPSA) is 182 Å². The molecule has 0 radical (unpaired) electrons. The molecule has 1 saturated heterocycles. The normalized spacial score (nSPS) is 14.2. The zero-order chi connectivity index (χ0) is 37.0. The number of ether oxygens (including phenoxy) is 2. The van der Waals surface area contributed by atoms with Crippen LogP contribution in [0.2, 0.25) is 6.82 Å². The maximum absolute atomic E-state index is 13.4. The summed E-state index contributed by atoms with van der Waals surface area (Å²) < 4.78 is 11.0. The minimum Gasteiger partial charge on any atom is -0.447 e. The van der Waals surface area contributed by atoms with Gasteiger partial charge in [0.15, 0.2) is 0 Å². The number of hydrogen-bond donors (Lipinski definition) is 5. The van der Waals surface area contributed by atoms with Gasteiger partial charge in [0.1, 0.15) is 0 Å². The number of rotatable bonds is 15. The molecule has 1 atom stereocenters. The number of carbonyl (C=O) groups excluding carboxylic acids is 5. The van der Waals surface area contributed by atoms with E-state index < -0.39 is 24.6 Å². The van der Waals surface area contributed by atoms with Gasteiger partial charge in [0.25, 0.3) is 23.5 Å². The Morgan fingerprint density at radius 1 is 0.846 bits per heavy atom. The van der Waals surface area contributed by atoms with Gasteiger partial charge in [0, 0.05) is 61.5 Å². The van der Waals surface area contributed by atoms with E-state index in [-0.39, 0.29) is 43.1 Å². The number of fused-ring (bicyclic) bond motifs is 1. The first-order chi connectivity index (χ1) is 25.1. The summed E-state index contributed by atoms with van der Waals surface area (Å²) in [5.74, 6) is -1.66. The lowest BCUT2D eigenvalue weighted by Crippen LogP contribution is -2.56. The lowest BCUT2D eigenvalue weighted by atomic mass is 9.64. The van der Waals surface area contributed by atoms with Crippen molar-refractivity contribution in [3.8, 4) is 0 Å². The van der Waals surface area contributed by atoms with Crippen molar-refractivity contribution in [1.29, 1.82) is 0 Å². The smallest absolute Gasteiger partial charge is 0.320 e. The summed E-state index contributed by atoms with van der Waals surface area (Å²) in [4.78, 5) is 70.7. The number of piperazine rings is 1. The van der Waals surface area contributed by atoms with E-state index in [0.29, 0.717) is 67.2 Å². The average molecular weight is 711 g/mol. The Morgan fingerprint density at radius 2 is 1.54 bits per heavy atom. The Kier molecular flexibility index (Phi) is 13.2. The number of nitrogens with zero attached hydrogens (tertiary/aromatic N) is 2. The van der Waals surface area contributed by atoms with E-state index in [1.165, 1.54) is 11.1 Å². The Labute approximate surface area is 301 Å². The molecule has 5 amide bonds. The van der Waals surface area contributed by atoms with E-state index in [2.05, 4.69) is 20.9 Å². The largest absolute Gasteiger partial charge is 0.447 e. The number of urea groups is 1. The molecule has 1 aliphatic rings. The number of ketones is 1. The molecule has 0 unspecified atom stereocenters. The van der Waals surface area contributed by atoms with E-state index in [4.69, 9.17) is 9.47 Å². The fourth-order valence-corrected chi connectivity index (χ4v) is 5.88. The number of aromatic amines is 1. The summed E-state index contributed by atoms with van der Waals surface area (Å²) in [6.07, 6.45) is 1.47. The van der Waals surface area contributed by atoms with Gasteiger partial charge in [-0.3, -0.25) is 19.2 Å². The summed E-state index contributed by atoms with van der Waals surface area (Å²) in [5, 5.41) is 18.3. The van der Waals surface area contributed by atoms with E-state index in [1.54, 1.807) is 78.5 Å². The molecule has 1 aromatic heterocycles. The second-order valence-corrected chi connectivity index (χ2v) is 12.4. The standard InChI is InChI=1S/C37H43BN6O8/c1-25-24-43(35(47)27-7-4-3-5-8-27)17-18-44(25)36(48)33(45)30-23-41-32-29(30)9-6-10-31(32)42-37(49)40-16-20-52-22-21-51-19-15-39-34(46)26-11-13-28(14-12-26)38(2)50/h3-14,23,25,41,50H,15-22,24H2,1-2H3,(H,39,46)(H2,40,42,49)/t25-/m1/s1. The second-order valence-electron chi connectivity index (χ2n) is 12.4.